The Hall–Kier alpha value is -3.75. The van der Waals surface area contributed by atoms with E-state index in [1.54, 1.807) is 13.1 Å². The number of carbonyl (C=O) groups excluding carboxylic acids is 1. The summed E-state index contributed by atoms with van der Waals surface area (Å²) in [4.78, 5) is 31.5. The molecule has 1 amide bonds. The molecule has 36 heavy (non-hydrogen) atoms. The van der Waals surface area contributed by atoms with E-state index in [0.29, 0.717) is 46.6 Å². The number of likely N-dealkylation sites (tertiary alicyclic amines) is 1. The number of aryl methyl sites for hydroxylation is 1. The van der Waals surface area contributed by atoms with E-state index >= 15 is 0 Å². The second kappa shape index (κ2) is 10.5. The van der Waals surface area contributed by atoms with Gasteiger partial charge in [-0.25, -0.2) is 4.98 Å². The minimum atomic E-state index is -0.0136. The molecule has 0 saturated carbocycles. The smallest absolute Gasteiger partial charge is 0.300 e. The number of nitrogens with zero attached hydrogens (tertiary/aromatic N) is 6. The lowest BCUT2D eigenvalue weighted by atomic mass is 9.90. The summed E-state index contributed by atoms with van der Waals surface area (Å²) < 4.78 is 11.5. The largest absolute Gasteiger partial charge is 0.422 e. The van der Waals surface area contributed by atoms with Gasteiger partial charge in [0.2, 0.25) is 5.65 Å². The first kappa shape index (κ1) is 24.0. The van der Waals surface area contributed by atoms with Gasteiger partial charge >= 0.3 is 0 Å². The highest BCUT2D eigenvalue weighted by Gasteiger charge is 2.37. The molecule has 1 fully saturated rings. The average molecular weight is 489 g/mol. The number of carbonyl (C=O) groups is 1. The molecule has 9 nitrogen and oxygen atoms in total. The van der Waals surface area contributed by atoms with Crippen molar-refractivity contribution in [2.45, 2.75) is 64.5 Å². The summed E-state index contributed by atoms with van der Waals surface area (Å²) in [5.41, 5.74) is 2.50. The van der Waals surface area contributed by atoms with Crippen molar-refractivity contribution < 1.29 is 13.7 Å². The highest BCUT2D eigenvalue weighted by Crippen LogP contribution is 2.32. The van der Waals surface area contributed by atoms with E-state index in [0.717, 1.165) is 38.5 Å². The van der Waals surface area contributed by atoms with Gasteiger partial charge in [0.15, 0.2) is 11.4 Å². The standard InChI is InChI=1S/C27H32N6O3/c1-4-5-13-21(32(3)27-30-24-23(35-27)15-10-16-28-24)22-14-8-9-17-33(22)26(34)20-12-7-6-11-19(20)25-29-18(2)31-36-25/h6-7,10-12,15-16,21-22H,4-5,8-9,13-14,17H2,1-3H3/t21?,22-/m0/s1. The number of anilines is 1. The molecule has 1 unspecified atom stereocenters. The van der Waals surface area contributed by atoms with Gasteiger partial charge in [0, 0.05) is 19.8 Å². The van der Waals surface area contributed by atoms with Gasteiger partial charge in [-0.3, -0.25) is 4.79 Å². The maximum atomic E-state index is 14.1. The summed E-state index contributed by atoms with van der Waals surface area (Å²) in [7, 11) is 2.01. The first-order valence-corrected chi connectivity index (χ1v) is 12.7. The van der Waals surface area contributed by atoms with Crippen LogP contribution in [0.1, 0.15) is 61.6 Å². The van der Waals surface area contributed by atoms with Crippen LogP contribution in [0, 0.1) is 6.92 Å². The van der Waals surface area contributed by atoms with E-state index in [2.05, 4.69) is 31.9 Å². The zero-order valence-electron chi connectivity index (χ0n) is 21.1. The van der Waals surface area contributed by atoms with Crippen molar-refractivity contribution in [1.29, 1.82) is 0 Å². The first-order chi connectivity index (χ1) is 17.6. The molecule has 1 aliphatic heterocycles. The van der Waals surface area contributed by atoms with Crippen LogP contribution in [0.15, 0.2) is 51.5 Å². The van der Waals surface area contributed by atoms with Crippen molar-refractivity contribution in [2.24, 2.45) is 0 Å². The Morgan fingerprint density at radius 3 is 2.83 bits per heavy atom. The summed E-state index contributed by atoms with van der Waals surface area (Å²) in [5, 5.41) is 3.92. The number of unbranched alkanes of at least 4 members (excludes halogenated alkanes) is 1. The average Bonchev–Trinajstić information content (AvgIpc) is 3.55. The second-order valence-corrected chi connectivity index (χ2v) is 9.40. The maximum Gasteiger partial charge on any atom is 0.300 e. The summed E-state index contributed by atoms with van der Waals surface area (Å²) in [5.74, 6) is 0.890. The Bertz CT molecular complexity index is 1300. The molecule has 2 atom stereocenters. The van der Waals surface area contributed by atoms with Crippen LogP contribution >= 0.6 is 0 Å². The van der Waals surface area contributed by atoms with E-state index in [1.807, 2.05) is 48.3 Å². The molecular formula is C27H32N6O3. The van der Waals surface area contributed by atoms with Crippen LogP contribution in [0.5, 0.6) is 0 Å². The number of hydrogen-bond donors (Lipinski definition) is 0. The lowest BCUT2D eigenvalue weighted by molar-refractivity contribution is 0.0564. The van der Waals surface area contributed by atoms with E-state index in [-0.39, 0.29) is 18.0 Å². The highest BCUT2D eigenvalue weighted by molar-refractivity contribution is 6.00. The Labute approximate surface area is 210 Å². The normalized spacial score (nSPS) is 16.9. The monoisotopic (exact) mass is 488 g/mol. The molecular weight excluding hydrogens is 456 g/mol. The number of hydrogen-bond acceptors (Lipinski definition) is 8. The van der Waals surface area contributed by atoms with Crippen LogP contribution in [0.4, 0.5) is 6.01 Å². The number of pyridine rings is 1. The zero-order valence-corrected chi connectivity index (χ0v) is 21.1. The third-order valence-electron chi connectivity index (χ3n) is 6.98. The summed E-state index contributed by atoms with van der Waals surface area (Å²) in [6.07, 6.45) is 7.73. The molecule has 1 aromatic carbocycles. The predicted octanol–water partition coefficient (Wildman–Crippen LogP) is 5.27. The number of fused-ring (bicyclic) bond motifs is 1. The third kappa shape index (κ3) is 4.69. The molecule has 0 radical (unpaired) electrons. The van der Waals surface area contributed by atoms with Gasteiger partial charge in [-0.15, -0.1) is 0 Å². The third-order valence-corrected chi connectivity index (χ3v) is 6.98. The Morgan fingerprint density at radius 1 is 1.19 bits per heavy atom. The molecule has 1 aliphatic rings. The van der Waals surface area contributed by atoms with Crippen molar-refractivity contribution in [1.82, 2.24) is 25.0 Å². The van der Waals surface area contributed by atoms with Crippen LogP contribution in [0.2, 0.25) is 0 Å². The number of rotatable bonds is 8. The fourth-order valence-electron chi connectivity index (χ4n) is 5.13. The van der Waals surface area contributed by atoms with Gasteiger partial charge in [-0.1, -0.05) is 37.1 Å². The van der Waals surface area contributed by atoms with Crippen molar-refractivity contribution >= 4 is 23.2 Å². The molecule has 4 heterocycles. The SMILES string of the molecule is CCCCC([C@@H]1CCCCN1C(=O)c1ccccc1-c1nc(C)no1)N(C)c1nc2ncccc2o1. The zero-order chi connectivity index (χ0) is 25.1. The van der Waals surface area contributed by atoms with Gasteiger partial charge in [0.1, 0.15) is 0 Å². The lowest BCUT2D eigenvalue weighted by Gasteiger charge is -2.43. The molecule has 0 bridgehead atoms. The fraction of sp³-hybridized carbons (Fsp3) is 0.444. The lowest BCUT2D eigenvalue weighted by Crippen LogP contribution is -2.55. The van der Waals surface area contributed by atoms with E-state index in [9.17, 15) is 4.79 Å². The molecule has 0 aliphatic carbocycles. The van der Waals surface area contributed by atoms with E-state index in [1.165, 1.54) is 0 Å². The Morgan fingerprint density at radius 2 is 2.06 bits per heavy atom. The van der Waals surface area contributed by atoms with Gasteiger partial charge in [-0.2, -0.15) is 9.97 Å². The summed E-state index contributed by atoms with van der Waals surface area (Å²) >= 11 is 0. The Kier molecular flexibility index (Phi) is 6.97. The molecule has 188 valence electrons. The van der Waals surface area contributed by atoms with E-state index in [4.69, 9.17) is 8.94 Å². The molecule has 5 rings (SSSR count). The van der Waals surface area contributed by atoms with Crippen LogP contribution in [0.3, 0.4) is 0 Å². The topological polar surface area (TPSA) is 101 Å². The van der Waals surface area contributed by atoms with Crippen LogP contribution in [-0.4, -0.2) is 56.6 Å². The minimum absolute atomic E-state index is 0.0136. The minimum Gasteiger partial charge on any atom is -0.422 e. The van der Waals surface area contributed by atoms with E-state index < -0.39 is 0 Å². The van der Waals surface area contributed by atoms with Crippen molar-refractivity contribution in [3.8, 4) is 11.5 Å². The quantitative estimate of drug-likeness (QED) is 0.330. The molecule has 4 aromatic rings. The maximum absolute atomic E-state index is 14.1. The van der Waals surface area contributed by atoms with Crippen molar-refractivity contribution in [3.63, 3.8) is 0 Å². The fourth-order valence-corrected chi connectivity index (χ4v) is 5.13. The van der Waals surface area contributed by atoms with Gasteiger partial charge in [0.05, 0.1) is 23.2 Å². The predicted molar refractivity (Wildman–Crippen MR) is 137 cm³/mol. The molecule has 0 N–H and O–H groups in total. The number of benzene rings is 1. The van der Waals surface area contributed by atoms with Gasteiger partial charge < -0.3 is 18.7 Å². The van der Waals surface area contributed by atoms with Crippen LogP contribution < -0.4 is 4.90 Å². The first-order valence-electron chi connectivity index (χ1n) is 12.7. The number of amides is 1. The molecule has 1 saturated heterocycles. The molecule has 0 spiro atoms. The molecule has 9 heteroatoms. The van der Waals surface area contributed by atoms with Gasteiger partial charge in [-0.05, 0) is 56.9 Å². The number of aromatic nitrogens is 4. The Balaban J connectivity index is 1.48. The van der Waals surface area contributed by atoms with Crippen molar-refractivity contribution in [2.75, 3.05) is 18.5 Å². The van der Waals surface area contributed by atoms with Gasteiger partial charge in [0.25, 0.3) is 17.8 Å². The summed E-state index contributed by atoms with van der Waals surface area (Å²) in [6, 6.07) is 11.8. The number of oxazole rings is 1. The summed E-state index contributed by atoms with van der Waals surface area (Å²) in [6.45, 7) is 4.66. The van der Waals surface area contributed by atoms with Crippen LogP contribution in [-0.2, 0) is 0 Å². The van der Waals surface area contributed by atoms with Crippen molar-refractivity contribution in [3.05, 3.63) is 54.0 Å². The number of likely N-dealkylation sites (N-methyl/N-ethyl adjacent to an activating group) is 1. The number of piperidine rings is 1. The highest BCUT2D eigenvalue weighted by atomic mass is 16.5. The van der Waals surface area contributed by atoms with Crippen LogP contribution in [0.25, 0.3) is 22.7 Å². The second-order valence-electron chi connectivity index (χ2n) is 9.40. The molecule has 3 aromatic heterocycles.